The summed E-state index contributed by atoms with van der Waals surface area (Å²) in [6.45, 7) is 7.19. The Kier molecular flexibility index (Phi) is 6.16. The molecular formula is C20H23BrN2O3. The maximum Gasteiger partial charge on any atom is 0.262 e. The van der Waals surface area contributed by atoms with E-state index in [1.165, 1.54) is 5.56 Å². The van der Waals surface area contributed by atoms with Crippen LogP contribution in [0.1, 0.15) is 11.1 Å². The number of ether oxygens (including phenoxy) is 2. The largest absolute Gasteiger partial charge is 0.483 e. The number of morpholine rings is 1. The average Bonchev–Trinajstić information content (AvgIpc) is 2.62. The van der Waals surface area contributed by atoms with Gasteiger partial charge in [-0.2, -0.15) is 0 Å². The molecule has 0 atom stereocenters. The van der Waals surface area contributed by atoms with Crippen LogP contribution in [-0.4, -0.2) is 38.8 Å². The third-order valence-electron chi connectivity index (χ3n) is 4.27. The fraction of sp³-hybridized carbons (Fsp3) is 0.350. The Labute approximate surface area is 162 Å². The molecule has 1 amide bonds. The van der Waals surface area contributed by atoms with Crippen molar-refractivity contribution in [3.8, 4) is 5.75 Å². The molecule has 0 aromatic heterocycles. The average molecular weight is 419 g/mol. The highest BCUT2D eigenvalue weighted by atomic mass is 79.9. The van der Waals surface area contributed by atoms with Crippen molar-refractivity contribution in [2.24, 2.45) is 0 Å². The van der Waals surface area contributed by atoms with Crippen LogP contribution in [0.25, 0.3) is 0 Å². The van der Waals surface area contributed by atoms with Crippen molar-refractivity contribution < 1.29 is 14.3 Å². The molecule has 0 saturated carbocycles. The molecule has 0 radical (unpaired) electrons. The lowest BCUT2D eigenvalue weighted by molar-refractivity contribution is -0.118. The molecule has 0 bridgehead atoms. The molecule has 1 N–H and O–H groups in total. The van der Waals surface area contributed by atoms with Gasteiger partial charge in [0.25, 0.3) is 5.91 Å². The van der Waals surface area contributed by atoms with E-state index in [0.717, 1.165) is 53.5 Å². The van der Waals surface area contributed by atoms with Crippen molar-refractivity contribution in [2.75, 3.05) is 43.1 Å². The second-order valence-corrected chi connectivity index (χ2v) is 7.23. The smallest absolute Gasteiger partial charge is 0.262 e. The third kappa shape index (κ3) is 4.77. The van der Waals surface area contributed by atoms with E-state index >= 15 is 0 Å². The molecule has 0 spiro atoms. The first-order valence-electron chi connectivity index (χ1n) is 8.65. The molecule has 5 nitrogen and oxygen atoms in total. The minimum Gasteiger partial charge on any atom is -0.483 e. The van der Waals surface area contributed by atoms with Crippen molar-refractivity contribution in [3.63, 3.8) is 0 Å². The normalized spacial score (nSPS) is 14.2. The van der Waals surface area contributed by atoms with Gasteiger partial charge in [0.1, 0.15) is 5.75 Å². The number of carbonyl (C=O) groups excluding carboxylic acids is 1. The Bertz CT molecular complexity index is 789. The van der Waals surface area contributed by atoms with Gasteiger partial charge in [0, 0.05) is 23.2 Å². The minimum absolute atomic E-state index is 0.0211. The standard InChI is InChI=1S/C20H23BrN2O3/c1-14-3-6-19(15(2)11-14)26-13-20(24)22-16-4-5-18(17(21)12-16)23-7-9-25-10-8-23/h3-6,11-12H,7-10,13H2,1-2H3,(H,22,24). The Morgan fingerprint density at radius 2 is 1.96 bits per heavy atom. The fourth-order valence-corrected chi connectivity index (χ4v) is 3.58. The summed E-state index contributed by atoms with van der Waals surface area (Å²) in [4.78, 5) is 14.4. The summed E-state index contributed by atoms with van der Waals surface area (Å²) in [5, 5.41) is 2.88. The van der Waals surface area contributed by atoms with Crippen LogP contribution < -0.4 is 15.0 Å². The first-order chi connectivity index (χ1) is 12.5. The number of nitrogens with zero attached hydrogens (tertiary/aromatic N) is 1. The summed E-state index contributed by atoms with van der Waals surface area (Å²) in [6.07, 6.45) is 0. The van der Waals surface area contributed by atoms with E-state index in [-0.39, 0.29) is 12.5 Å². The van der Waals surface area contributed by atoms with Gasteiger partial charge in [0.2, 0.25) is 0 Å². The van der Waals surface area contributed by atoms with Crippen LogP contribution >= 0.6 is 15.9 Å². The van der Waals surface area contributed by atoms with Crippen LogP contribution in [0, 0.1) is 13.8 Å². The molecule has 3 rings (SSSR count). The van der Waals surface area contributed by atoms with E-state index in [0.29, 0.717) is 0 Å². The first-order valence-corrected chi connectivity index (χ1v) is 9.44. The number of hydrogen-bond acceptors (Lipinski definition) is 4. The van der Waals surface area contributed by atoms with Gasteiger partial charge in [0.15, 0.2) is 6.61 Å². The van der Waals surface area contributed by atoms with Crippen molar-refractivity contribution in [1.82, 2.24) is 0 Å². The van der Waals surface area contributed by atoms with Gasteiger partial charge >= 0.3 is 0 Å². The van der Waals surface area contributed by atoms with Crippen LogP contribution in [-0.2, 0) is 9.53 Å². The predicted octanol–water partition coefficient (Wildman–Crippen LogP) is 3.92. The highest BCUT2D eigenvalue weighted by molar-refractivity contribution is 9.10. The number of carbonyl (C=O) groups is 1. The van der Waals surface area contributed by atoms with Gasteiger partial charge in [-0.15, -0.1) is 0 Å². The molecule has 2 aromatic rings. The molecule has 1 fully saturated rings. The molecule has 0 aliphatic carbocycles. The van der Waals surface area contributed by atoms with Crippen molar-refractivity contribution in [3.05, 3.63) is 52.0 Å². The van der Waals surface area contributed by atoms with E-state index in [2.05, 4.69) is 26.1 Å². The number of amides is 1. The van der Waals surface area contributed by atoms with Gasteiger partial charge in [-0.25, -0.2) is 0 Å². The molecule has 1 aliphatic rings. The third-order valence-corrected chi connectivity index (χ3v) is 4.91. The van der Waals surface area contributed by atoms with Crippen molar-refractivity contribution in [2.45, 2.75) is 13.8 Å². The first kappa shape index (κ1) is 18.7. The van der Waals surface area contributed by atoms with E-state index in [4.69, 9.17) is 9.47 Å². The molecule has 1 aliphatic heterocycles. The molecule has 2 aromatic carbocycles. The summed E-state index contributed by atoms with van der Waals surface area (Å²) >= 11 is 3.60. The Morgan fingerprint density at radius 1 is 1.19 bits per heavy atom. The van der Waals surface area contributed by atoms with Crippen LogP contribution in [0.15, 0.2) is 40.9 Å². The SMILES string of the molecule is Cc1ccc(OCC(=O)Nc2ccc(N3CCOCC3)c(Br)c2)c(C)c1. The number of hydrogen-bond donors (Lipinski definition) is 1. The summed E-state index contributed by atoms with van der Waals surface area (Å²) in [6, 6.07) is 11.7. The zero-order valence-electron chi connectivity index (χ0n) is 15.0. The fourth-order valence-electron chi connectivity index (χ4n) is 2.95. The number of benzene rings is 2. The zero-order chi connectivity index (χ0) is 18.5. The lowest BCUT2D eigenvalue weighted by Gasteiger charge is -2.29. The van der Waals surface area contributed by atoms with Crippen LogP contribution in [0.2, 0.25) is 0 Å². The van der Waals surface area contributed by atoms with Crippen molar-refractivity contribution >= 4 is 33.2 Å². The second-order valence-electron chi connectivity index (χ2n) is 6.37. The van der Waals surface area contributed by atoms with Crippen LogP contribution in [0.4, 0.5) is 11.4 Å². The highest BCUT2D eigenvalue weighted by Gasteiger charge is 2.14. The molecule has 26 heavy (non-hydrogen) atoms. The monoisotopic (exact) mass is 418 g/mol. The number of aryl methyl sites for hydroxylation is 2. The number of rotatable bonds is 5. The van der Waals surface area contributed by atoms with Crippen molar-refractivity contribution in [1.29, 1.82) is 0 Å². The van der Waals surface area contributed by atoms with Crippen LogP contribution in [0.5, 0.6) is 5.75 Å². The van der Waals surface area contributed by atoms with E-state index in [9.17, 15) is 4.79 Å². The molecule has 6 heteroatoms. The predicted molar refractivity (Wildman–Crippen MR) is 107 cm³/mol. The van der Waals surface area contributed by atoms with E-state index in [1.54, 1.807) is 0 Å². The molecule has 138 valence electrons. The van der Waals surface area contributed by atoms with Gasteiger partial charge < -0.3 is 19.7 Å². The van der Waals surface area contributed by atoms with E-state index in [1.807, 2.05) is 50.2 Å². The Hall–Kier alpha value is -2.05. The van der Waals surface area contributed by atoms with Gasteiger partial charge in [0.05, 0.1) is 18.9 Å². The number of anilines is 2. The molecule has 0 unspecified atom stereocenters. The lowest BCUT2D eigenvalue weighted by Crippen LogP contribution is -2.36. The summed E-state index contributed by atoms with van der Waals surface area (Å²) in [7, 11) is 0. The van der Waals surface area contributed by atoms with Gasteiger partial charge in [-0.1, -0.05) is 17.7 Å². The molecule has 1 heterocycles. The zero-order valence-corrected chi connectivity index (χ0v) is 16.6. The van der Waals surface area contributed by atoms with Gasteiger partial charge in [-0.05, 0) is 59.6 Å². The summed E-state index contributed by atoms with van der Waals surface area (Å²) in [5.74, 6) is 0.547. The van der Waals surface area contributed by atoms with E-state index < -0.39 is 0 Å². The summed E-state index contributed by atoms with van der Waals surface area (Å²) in [5.41, 5.74) is 4.04. The Balaban J connectivity index is 1.57. The Morgan fingerprint density at radius 3 is 2.65 bits per heavy atom. The topological polar surface area (TPSA) is 50.8 Å². The highest BCUT2D eigenvalue weighted by Crippen LogP contribution is 2.30. The number of halogens is 1. The quantitative estimate of drug-likeness (QED) is 0.799. The molecule has 1 saturated heterocycles. The molecular weight excluding hydrogens is 396 g/mol. The van der Waals surface area contributed by atoms with Gasteiger partial charge in [-0.3, -0.25) is 4.79 Å². The minimum atomic E-state index is -0.184. The second kappa shape index (κ2) is 8.56. The van der Waals surface area contributed by atoms with Crippen LogP contribution in [0.3, 0.4) is 0 Å². The maximum absolute atomic E-state index is 12.2. The maximum atomic E-state index is 12.2. The lowest BCUT2D eigenvalue weighted by atomic mass is 10.1. The number of nitrogens with one attached hydrogen (secondary N) is 1. The summed E-state index contributed by atoms with van der Waals surface area (Å²) < 4.78 is 12.0.